The second kappa shape index (κ2) is 9.30. The number of hydrogen-bond acceptors (Lipinski definition) is 7. The van der Waals surface area contributed by atoms with E-state index in [1.807, 2.05) is 55.5 Å². The molecule has 2 N–H and O–H groups in total. The number of nitrogens with zero attached hydrogens (tertiary/aromatic N) is 4. The van der Waals surface area contributed by atoms with E-state index in [2.05, 4.69) is 20.6 Å². The number of pyridine rings is 1. The fraction of sp³-hybridized carbons (Fsp3) is 0.154. The number of rotatable bonds is 6. The number of carbonyl (C=O) groups excluding carboxylic acids is 1. The molecule has 1 aliphatic heterocycles. The van der Waals surface area contributed by atoms with Crippen molar-refractivity contribution in [3.8, 4) is 22.9 Å². The normalized spacial score (nSPS) is 14.7. The Bertz CT molecular complexity index is 1400. The van der Waals surface area contributed by atoms with Gasteiger partial charge in [0.2, 0.25) is 5.95 Å². The predicted octanol–water partition coefficient (Wildman–Crippen LogP) is 4.28. The number of aromatic nitrogens is 4. The number of nitrogens with one attached hydrogen (secondary N) is 2. The van der Waals surface area contributed by atoms with E-state index in [0.717, 1.165) is 16.9 Å². The summed E-state index contributed by atoms with van der Waals surface area (Å²) in [4.78, 5) is 22.4. The Hall–Kier alpha value is -4.66. The summed E-state index contributed by atoms with van der Waals surface area (Å²) in [6.45, 7) is 1.86. The summed E-state index contributed by atoms with van der Waals surface area (Å²) >= 11 is 0. The van der Waals surface area contributed by atoms with Gasteiger partial charge in [0.15, 0.2) is 5.82 Å². The van der Waals surface area contributed by atoms with Crippen molar-refractivity contribution in [2.24, 2.45) is 0 Å². The lowest BCUT2D eigenvalue weighted by atomic mass is 9.95. The zero-order valence-corrected chi connectivity index (χ0v) is 19.5. The summed E-state index contributed by atoms with van der Waals surface area (Å²) < 4.78 is 12.5. The van der Waals surface area contributed by atoms with E-state index in [1.165, 1.54) is 0 Å². The Balaban J connectivity index is 1.60. The Morgan fingerprint density at radius 3 is 2.46 bits per heavy atom. The highest BCUT2D eigenvalue weighted by Crippen LogP contribution is 2.37. The maximum atomic E-state index is 13.7. The van der Waals surface area contributed by atoms with Gasteiger partial charge in [0.1, 0.15) is 17.5 Å². The van der Waals surface area contributed by atoms with Crippen LogP contribution in [-0.2, 0) is 4.79 Å². The molecule has 3 heterocycles. The molecule has 0 bridgehead atoms. The minimum absolute atomic E-state index is 0.271. The molecular weight excluding hydrogens is 444 g/mol. The average Bonchev–Trinajstić information content (AvgIpc) is 3.32. The summed E-state index contributed by atoms with van der Waals surface area (Å²) in [6, 6.07) is 18.0. The Kier molecular flexibility index (Phi) is 5.88. The molecule has 1 amide bonds. The van der Waals surface area contributed by atoms with Crippen LogP contribution in [0.4, 0.5) is 11.6 Å². The lowest BCUT2D eigenvalue weighted by Gasteiger charge is -2.29. The molecular formula is C26H24N6O3. The zero-order chi connectivity index (χ0) is 24.4. The number of amides is 1. The monoisotopic (exact) mass is 468 g/mol. The molecule has 0 aliphatic carbocycles. The van der Waals surface area contributed by atoms with Crippen molar-refractivity contribution >= 4 is 17.5 Å². The number of benzene rings is 2. The Morgan fingerprint density at radius 2 is 1.74 bits per heavy atom. The molecule has 0 fully saturated rings. The summed E-state index contributed by atoms with van der Waals surface area (Å²) in [5.41, 5.74) is 3.47. The van der Waals surface area contributed by atoms with Crippen LogP contribution in [0.3, 0.4) is 0 Å². The molecule has 35 heavy (non-hydrogen) atoms. The SMILES string of the molecule is COc1ccc([C@H]2C(C(=O)Nc3ccccc3OC)=C(C)Nc3nc(-c4ccncc4)nn32)cc1. The topological polar surface area (TPSA) is 103 Å². The minimum Gasteiger partial charge on any atom is -0.497 e. The lowest BCUT2D eigenvalue weighted by molar-refractivity contribution is -0.113. The molecule has 176 valence electrons. The number of hydrogen-bond donors (Lipinski definition) is 2. The van der Waals surface area contributed by atoms with Crippen LogP contribution in [0.15, 0.2) is 84.3 Å². The van der Waals surface area contributed by atoms with Crippen molar-refractivity contribution in [2.45, 2.75) is 13.0 Å². The fourth-order valence-electron chi connectivity index (χ4n) is 4.10. The lowest BCUT2D eigenvalue weighted by Crippen LogP contribution is -2.31. The third-order valence-electron chi connectivity index (χ3n) is 5.82. The summed E-state index contributed by atoms with van der Waals surface area (Å²) in [6.07, 6.45) is 3.39. The Labute approximate surface area is 202 Å². The second-order valence-electron chi connectivity index (χ2n) is 7.93. The van der Waals surface area contributed by atoms with Gasteiger partial charge < -0.3 is 20.1 Å². The average molecular weight is 469 g/mol. The van der Waals surface area contributed by atoms with Gasteiger partial charge >= 0.3 is 0 Å². The number of para-hydroxylation sites is 2. The molecule has 0 saturated carbocycles. The van der Waals surface area contributed by atoms with Crippen LogP contribution in [0.2, 0.25) is 0 Å². The predicted molar refractivity (Wildman–Crippen MR) is 132 cm³/mol. The van der Waals surface area contributed by atoms with Gasteiger partial charge in [-0.3, -0.25) is 9.78 Å². The minimum atomic E-state index is -0.519. The Morgan fingerprint density at radius 1 is 1.00 bits per heavy atom. The highest BCUT2D eigenvalue weighted by Gasteiger charge is 2.34. The number of anilines is 2. The van der Waals surface area contributed by atoms with Crippen molar-refractivity contribution in [2.75, 3.05) is 24.9 Å². The summed E-state index contributed by atoms with van der Waals surface area (Å²) in [5, 5.41) is 11.0. The van der Waals surface area contributed by atoms with Crippen molar-refractivity contribution < 1.29 is 14.3 Å². The number of fused-ring (bicyclic) bond motifs is 1. The fourth-order valence-corrected chi connectivity index (χ4v) is 4.10. The van der Waals surface area contributed by atoms with Crippen molar-refractivity contribution in [1.29, 1.82) is 0 Å². The standard InChI is InChI=1S/C26H24N6O3/c1-16-22(25(33)29-20-6-4-5-7-21(20)35-3)23(17-8-10-19(34-2)11-9-17)32-26(28-16)30-24(31-32)18-12-14-27-15-13-18/h4-15,23H,1-3H3,(H,29,33)(H,28,30,31)/t23-/m0/s1. The summed E-state index contributed by atoms with van der Waals surface area (Å²) in [7, 11) is 3.19. The maximum absolute atomic E-state index is 13.7. The van der Waals surface area contributed by atoms with Gasteiger partial charge in [0.25, 0.3) is 5.91 Å². The van der Waals surface area contributed by atoms with Gasteiger partial charge in [-0.05, 0) is 48.9 Å². The van der Waals surface area contributed by atoms with Crippen molar-refractivity contribution in [3.05, 3.63) is 89.9 Å². The van der Waals surface area contributed by atoms with Gasteiger partial charge in [0, 0.05) is 23.7 Å². The van der Waals surface area contributed by atoms with E-state index in [4.69, 9.17) is 14.6 Å². The van der Waals surface area contributed by atoms with Crippen LogP contribution >= 0.6 is 0 Å². The molecule has 0 unspecified atom stereocenters. The molecule has 9 heteroatoms. The van der Waals surface area contributed by atoms with Crippen molar-refractivity contribution in [1.82, 2.24) is 19.7 Å². The third kappa shape index (κ3) is 4.19. The van der Waals surface area contributed by atoms with Gasteiger partial charge in [-0.1, -0.05) is 24.3 Å². The second-order valence-corrected chi connectivity index (χ2v) is 7.93. The molecule has 9 nitrogen and oxygen atoms in total. The number of carbonyl (C=O) groups is 1. The van der Waals surface area contributed by atoms with Crippen LogP contribution < -0.4 is 20.1 Å². The zero-order valence-electron chi connectivity index (χ0n) is 19.5. The molecule has 5 rings (SSSR count). The maximum Gasteiger partial charge on any atom is 0.255 e. The van der Waals surface area contributed by atoms with E-state index in [9.17, 15) is 4.79 Å². The summed E-state index contributed by atoms with van der Waals surface area (Å²) in [5.74, 6) is 2.11. The van der Waals surface area contributed by atoms with E-state index >= 15 is 0 Å². The van der Waals surface area contributed by atoms with E-state index in [0.29, 0.717) is 34.5 Å². The number of allylic oxidation sites excluding steroid dienone is 1. The van der Waals surface area contributed by atoms with Gasteiger partial charge in [-0.2, -0.15) is 4.98 Å². The number of methoxy groups -OCH3 is 2. The van der Waals surface area contributed by atoms with Crippen molar-refractivity contribution in [3.63, 3.8) is 0 Å². The molecule has 0 spiro atoms. The van der Waals surface area contributed by atoms with Crippen LogP contribution in [0, 0.1) is 0 Å². The molecule has 1 atom stereocenters. The quantitative estimate of drug-likeness (QED) is 0.435. The van der Waals surface area contributed by atoms with Gasteiger partial charge in [-0.25, -0.2) is 4.68 Å². The van der Waals surface area contributed by atoms with Crippen LogP contribution in [-0.4, -0.2) is 39.9 Å². The first-order chi connectivity index (χ1) is 17.1. The van der Waals surface area contributed by atoms with E-state index in [1.54, 1.807) is 43.4 Å². The number of ether oxygens (including phenoxy) is 2. The largest absolute Gasteiger partial charge is 0.497 e. The van der Waals surface area contributed by atoms with Gasteiger partial charge in [0.05, 0.1) is 25.5 Å². The molecule has 2 aromatic heterocycles. The first-order valence-electron chi connectivity index (χ1n) is 11.0. The molecule has 2 aromatic carbocycles. The molecule has 4 aromatic rings. The smallest absolute Gasteiger partial charge is 0.255 e. The van der Waals surface area contributed by atoms with E-state index in [-0.39, 0.29) is 5.91 Å². The molecule has 0 radical (unpaired) electrons. The van der Waals surface area contributed by atoms with Crippen LogP contribution in [0.25, 0.3) is 11.4 Å². The highest BCUT2D eigenvalue weighted by molar-refractivity contribution is 6.06. The van der Waals surface area contributed by atoms with E-state index < -0.39 is 6.04 Å². The highest BCUT2D eigenvalue weighted by atomic mass is 16.5. The molecule has 1 aliphatic rings. The third-order valence-corrected chi connectivity index (χ3v) is 5.82. The van der Waals surface area contributed by atoms with Gasteiger partial charge in [-0.15, -0.1) is 5.10 Å². The first-order valence-corrected chi connectivity index (χ1v) is 11.0. The van der Waals surface area contributed by atoms with Crippen LogP contribution in [0.5, 0.6) is 11.5 Å². The van der Waals surface area contributed by atoms with Crippen LogP contribution in [0.1, 0.15) is 18.5 Å². The molecule has 0 saturated heterocycles. The first kappa shape index (κ1) is 22.1.